The molecule has 0 radical (unpaired) electrons. The van der Waals surface area contributed by atoms with E-state index in [1.807, 2.05) is 6.08 Å². The number of methoxy groups -OCH3 is 1. The molecule has 1 aliphatic rings. The van der Waals surface area contributed by atoms with E-state index in [1.54, 1.807) is 13.2 Å². The zero-order valence-corrected chi connectivity index (χ0v) is 13.6. The molecule has 0 bridgehead atoms. The Bertz CT molecular complexity index is 489. The lowest BCUT2D eigenvalue weighted by atomic mass is 9.87. The topological polar surface area (TPSA) is 41.8 Å². The molecule has 1 rings (SSSR count). The molecule has 0 aliphatic heterocycles. The lowest BCUT2D eigenvalue weighted by Crippen LogP contribution is -2.31. The molecule has 0 aromatic rings. The predicted octanol–water partition coefficient (Wildman–Crippen LogP) is 4.10. The Labute approximate surface area is 128 Å². The number of hydrogen-bond donors (Lipinski definition) is 1. The van der Waals surface area contributed by atoms with E-state index >= 15 is 0 Å². The standard InChI is InChI=1S/C18H27NO2/c1-11(2)14(5)18(21-8)16(17(18)19-7)13(4)10-9-12(3)15(6)20/h9-11,14,16-17,20H,3-4,6-7H2,1-2,5,8H3/b10-9-. The Balaban J connectivity index is 2.97. The van der Waals surface area contributed by atoms with Gasteiger partial charge in [0.2, 0.25) is 0 Å². The largest absolute Gasteiger partial charge is 0.508 e. The third-order valence-corrected chi connectivity index (χ3v) is 4.69. The van der Waals surface area contributed by atoms with Gasteiger partial charge in [0.1, 0.15) is 11.4 Å². The van der Waals surface area contributed by atoms with Crippen molar-refractivity contribution in [2.45, 2.75) is 32.4 Å². The summed E-state index contributed by atoms with van der Waals surface area (Å²) in [6.45, 7) is 21.5. The van der Waals surface area contributed by atoms with Crippen molar-refractivity contribution in [2.75, 3.05) is 7.11 Å². The monoisotopic (exact) mass is 289 g/mol. The number of hydrogen-bond acceptors (Lipinski definition) is 3. The van der Waals surface area contributed by atoms with Gasteiger partial charge in [-0.2, -0.15) is 0 Å². The van der Waals surface area contributed by atoms with Gasteiger partial charge in [0.15, 0.2) is 0 Å². The molecule has 0 amide bonds. The maximum absolute atomic E-state index is 9.27. The van der Waals surface area contributed by atoms with Gasteiger partial charge in [-0.1, -0.05) is 52.7 Å². The van der Waals surface area contributed by atoms with Crippen LogP contribution < -0.4 is 0 Å². The third-order valence-electron chi connectivity index (χ3n) is 4.69. The summed E-state index contributed by atoms with van der Waals surface area (Å²) in [4.78, 5) is 4.23. The molecule has 1 fully saturated rings. The Morgan fingerprint density at radius 1 is 1.24 bits per heavy atom. The average molecular weight is 289 g/mol. The normalized spacial score (nSPS) is 29.4. The molecule has 116 valence electrons. The molecule has 1 saturated carbocycles. The third kappa shape index (κ3) is 3.03. The summed E-state index contributed by atoms with van der Waals surface area (Å²) in [7, 11) is 1.72. The van der Waals surface area contributed by atoms with E-state index in [0.717, 1.165) is 5.57 Å². The number of nitrogens with zero attached hydrogens (tertiary/aromatic N) is 1. The van der Waals surface area contributed by atoms with Crippen molar-refractivity contribution in [1.82, 2.24) is 0 Å². The molecular formula is C18H27NO2. The SMILES string of the molecule is C=NC1C(C(=C)/C=C\C(=C)C(=C)O)C1(OC)C(C)C(C)C. The molecule has 0 aromatic heterocycles. The second-order valence-electron chi connectivity index (χ2n) is 6.08. The summed E-state index contributed by atoms with van der Waals surface area (Å²) >= 11 is 0. The van der Waals surface area contributed by atoms with E-state index < -0.39 is 0 Å². The van der Waals surface area contributed by atoms with E-state index in [4.69, 9.17) is 4.74 Å². The van der Waals surface area contributed by atoms with Gasteiger partial charge >= 0.3 is 0 Å². The van der Waals surface area contributed by atoms with Gasteiger partial charge in [0, 0.05) is 18.6 Å². The maximum atomic E-state index is 9.27. The molecule has 0 spiro atoms. The quantitative estimate of drug-likeness (QED) is 0.415. The molecule has 1 aliphatic carbocycles. The lowest BCUT2D eigenvalue weighted by Gasteiger charge is -2.27. The highest BCUT2D eigenvalue weighted by Crippen LogP contribution is 2.59. The fraction of sp³-hybridized carbons (Fsp3) is 0.500. The van der Waals surface area contributed by atoms with Crippen molar-refractivity contribution in [1.29, 1.82) is 0 Å². The van der Waals surface area contributed by atoms with Gasteiger partial charge in [-0.15, -0.1) is 0 Å². The fourth-order valence-electron chi connectivity index (χ4n) is 3.02. The highest BCUT2D eigenvalue weighted by atomic mass is 16.5. The molecule has 1 N–H and O–H groups in total. The van der Waals surface area contributed by atoms with Crippen LogP contribution in [0.4, 0.5) is 0 Å². The Morgan fingerprint density at radius 3 is 2.19 bits per heavy atom. The van der Waals surface area contributed by atoms with Gasteiger partial charge in [-0.3, -0.25) is 4.99 Å². The van der Waals surface area contributed by atoms with Gasteiger partial charge in [0.05, 0.1) is 6.04 Å². The van der Waals surface area contributed by atoms with Crippen LogP contribution in [0.1, 0.15) is 20.8 Å². The van der Waals surface area contributed by atoms with Crippen LogP contribution in [0, 0.1) is 17.8 Å². The second-order valence-corrected chi connectivity index (χ2v) is 6.08. The van der Waals surface area contributed by atoms with Crippen molar-refractivity contribution in [2.24, 2.45) is 22.7 Å². The van der Waals surface area contributed by atoms with Crippen LogP contribution in [0.3, 0.4) is 0 Å². The maximum Gasteiger partial charge on any atom is 0.115 e. The first-order valence-electron chi connectivity index (χ1n) is 7.19. The van der Waals surface area contributed by atoms with Crippen LogP contribution in [0.5, 0.6) is 0 Å². The molecule has 0 aromatic carbocycles. The number of ether oxygens (including phenoxy) is 1. The van der Waals surface area contributed by atoms with Crippen molar-refractivity contribution in [3.8, 4) is 0 Å². The Kier molecular flexibility index (Phi) is 5.35. The number of rotatable bonds is 8. The minimum Gasteiger partial charge on any atom is -0.508 e. The number of aliphatic imine (C=N–C) groups is 1. The molecule has 3 nitrogen and oxygen atoms in total. The highest BCUT2D eigenvalue weighted by Gasteiger charge is 2.69. The zero-order chi connectivity index (χ0) is 16.4. The van der Waals surface area contributed by atoms with Crippen LogP contribution in [-0.4, -0.2) is 30.6 Å². The lowest BCUT2D eigenvalue weighted by molar-refractivity contribution is 0.00489. The first-order chi connectivity index (χ1) is 9.73. The highest BCUT2D eigenvalue weighted by molar-refractivity contribution is 5.44. The van der Waals surface area contributed by atoms with Crippen molar-refractivity contribution >= 4 is 6.72 Å². The molecule has 0 heterocycles. The van der Waals surface area contributed by atoms with Crippen LogP contribution in [-0.2, 0) is 4.74 Å². The molecule has 4 atom stereocenters. The second kappa shape index (κ2) is 6.44. The molecule has 4 unspecified atom stereocenters. The van der Waals surface area contributed by atoms with Crippen LogP contribution in [0.2, 0.25) is 0 Å². The first kappa shape index (κ1) is 17.4. The van der Waals surface area contributed by atoms with E-state index in [2.05, 4.69) is 52.2 Å². The minimum absolute atomic E-state index is 0.0163. The minimum atomic E-state index is -0.338. The van der Waals surface area contributed by atoms with Gasteiger partial charge in [-0.05, 0) is 24.1 Å². The molecular weight excluding hydrogens is 262 g/mol. The number of aliphatic hydroxyl groups excluding tert-OH is 1. The van der Waals surface area contributed by atoms with E-state index in [1.165, 1.54) is 0 Å². The molecule has 3 heteroatoms. The van der Waals surface area contributed by atoms with E-state index in [-0.39, 0.29) is 23.3 Å². The first-order valence-corrected chi connectivity index (χ1v) is 7.19. The summed E-state index contributed by atoms with van der Waals surface area (Å²) in [5, 5.41) is 9.27. The van der Waals surface area contributed by atoms with Crippen molar-refractivity contribution < 1.29 is 9.84 Å². The predicted molar refractivity (Wildman–Crippen MR) is 89.8 cm³/mol. The van der Waals surface area contributed by atoms with E-state index in [0.29, 0.717) is 17.4 Å². The average Bonchev–Trinajstić information content (AvgIpc) is 3.12. The van der Waals surface area contributed by atoms with Crippen LogP contribution in [0.15, 0.2) is 53.8 Å². The smallest absolute Gasteiger partial charge is 0.115 e. The van der Waals surface area contributed by atoms with E-state index in [9.17, 15) is 5.11 Å². The molecule has 21 heavy (non-hydrogen) atoms. The summed E-state index contributed by atoms with van der Waals surface area (Å²) < 4.78 is 5.85. The van der Waals surface area contributed by atoms with Crippen LogP contribution >= 0.6 is 0 Å². The van der Waals surface area contributed by atoms with Crippen molar-refractivity contribution in [3.63, 3.8) is 0 Å². The molecule has 0 saturated heterocycles. The van der Waals surface area contributed by atoms with Gasteiger partial charge in [0.25, 0.3) is 0 Å². The fourth-order valence-corrected chi connectivity index (χ4v) is 3.02. The zero-order valence-electron chi connectivity index (χ0n) is 13.6. The number of aliphatic hydroxyl groups is 1. The van der Waals surface area contributed by atoms with Crippen LogP contribution in [0.25, 0.3) is 0 Å². The van der Waals surface area contributed by atoms with Gasteiger partial charge < -0.3 is 9.84 Å². The Morgan fingerprint density at radius 2 is 1.81 bits per heavy atom. The summed E-state index contributed by atoms with van der Waals surface area (Å²) in [5.74, 6) is 0.877. The number of allylic oxidation sites excluding steroid dienone is 2. The summed E-state index contributed by atoms with van der Waals surface area (Å²) in [6, 6.07) is 0.0163. The summed E-state index contributed by atoms with van der Waals surface area (Å²) in [6.07, 6.45) is 3.56. The van der Waals surface area contributed by atoms with Crippen molar-refractivity contribution in [3.05, 3.63) is 48.8 Å². The van der Waals surface area contributed by atoms with Gasteiger partial charge in [-0.25, -0.2) is 0 Å². The summed E-state index contributed by atoms with van der Waals surface area (Å²) in [5.41, 5.74) is 1.04. The Hall–Kier alpha value is -1.61.